The van der Waals surface area contributed by atoms with Crippen molar-refractivity contribution in [3.63, 3.8) is 0 Å². The van der Waals surface area contributed by atoms with Gasteiger partial charge in [-0.05, 0) is 23.8 Å². The first kappa shape index (κ1) is 20.9. The molecule has 7 heteroatoms. The van der Waals surface area contributed by atoms with Gasteiger partial charge in [0.05, 0.1) is 10.4 Å². The lowest BCUT2D eigenvalue weighted by atomic mass is 10.1. The Morgan fingerprint density at radius 2 is 1.39 bits per heavy atom. The summed E-state index contributed by atoms with van der Waals surface area (Å²) in [6.07, 6.45) is 0. The van der Waals surface area contributed by atoms with Gasteiger partial charge in [-0.1, -0.05) is 66.7 Å². The first-order valence-corrected chi connectivity index (χ1v) is 11.0. The van der Waals surface area contributed by atoms with E-state index in [2.05, 4.69) is 17.0 Å². The Bertz CT molecular complexity index is 1340. The van der Waals surface area contributed by atoms with Crippen LogP contribution in [0.2, 0.25) is 0 Å². The maximum atomic E-state index is 13.5. The molecule has 0 spiro atoms. The zero-order chi connectivity index (χ0) is 22.8. The van der Waals surface area contributed by atoms with Gasteiger partial charge in [0.15, 0.2) is 0 Å². The smallest absolute Gasteiger partial charge is 0.358 e. The maximum Gasteiger partial charge on any atom is 0.358 e. The van der Waals surface area contributed by atoms with Gasteiger partial charge in [-0.3, -0.25) is 24.4 Å². The van der Waals surface area contributed by atoms with Crippen molar-refractivity contribution < 1.29 is 4.92 Å². The average molecular weight is 441 g/mol. The van der Waals surface area contributed by atoms with Crippen molar-refractivity contribution in [3.05, 3.63) is 111 Å². The Kier molecular flexibility index (Phi) is 5.62. The molecule has 1 fully saturated rings. The molecule has 166 valence electrons. The Morgan fingerprint density at radius 3 is 2.06 bits per heavy atom. The molecule has 0 atom stereocenters. The lowest BCUT2D eigenvalue weighted by molar-refractivity contribution is -0.385. The van der Waals surface area contributed by atoms with Crippen molar-refractivity contribution in [3.8, 4) is 5.69 Å². The van der Waals surface area contributed by atoms with Crippen LogP contribution in [0.4, 0.5) is 11.4 Å². The molecule has 0 aliphatic carbocycles. The summed E-state index contributed by atoms with van der Waals surface area (Å²) in [4.78, 5) is 29.5. The molecule has 1 aliphatic rings. The van der Waals surface area contributed by atoms with Crippen LogP contribution in [0, 0.1) is 10.1 Å². The van der Waals surface area contributed by atoms with Crippen LogP contribution in [0.15, 0.2) is 89.7 Å². The SMILES string of the molecule is O=c1c([N+](=O)[O-])c(N2CCN(Cc3ccccc3)CC2)c2ccccc2n1-c1ccccc1. The van der Waals surface area contributed by atoms with E-state index in [-0.39, 0.29) is 5.69 Å². The lowest BCUT2D eigenvalue weighted by Crippen LogP contribution is -2.46. The molecular formula is C26H24N4O3. The third-order valence-corrected chi connectivity index (χ3v) is 6.16. The predicted octanol–water partition coefficient (Wildman–Crippen LogP) is 4.22. The number of pyridine rings is 1. The minimum absolute atomic E-state index is 0.367. The average Bonchev–Trinajstić information content (AvgIpc) is 2.85. The van der Waals surface area contributed by atoms with Gasteiger partial charge in [0.2, 0.25) is 0 Å². The Balaban J connectivity index is 1.56. The van der Waals surface area contributed by atoms with Crippen LogP contribution in [0.3, 0.4) is 0 Å². The Morgan fingerprint density at radius 1 is 0.788 bits per heavy atom. The molecule has 33 heavy (non-hydrogen) atoms. The van der Waals surface area contributed by atoms with Gasteiger partial charge in [0.1, 0.15) is 5.69 Å². The second-order valence-electron chi connectivity index (χ2n) is 8.20. The molecule has 0 radical (unpaired) electrons. The Labute approximate surface area is 191 Å². The maximum absolute atomic E-state index is 13.5. The summed E-state index contributed by atoms with van der Waals surface area (Å²) in [5.41, 5.74) is 1.97. The third kappa shape index (κ3) is 3.99. The first-order valence-electron chi connectivity index (χ1n) is 11.0. The van der Waals surface area contributed by atoms with Crippen LogP contribution >= 0.6 is 0 Å². The van der Waals surface area contributed by atoms with Crippen LogP contribution in [-0.4, -0.2) is 40.6 Å². The normalized spacial score (nSPS) is 14.5. The van der Waals surface area contributed by atoms with E-state index in [4.69, 9.17) is 0 Å². The molecule has 1 aliphatic heterocycles. The van der Waals surface area contributed by atoms with Gasteiger partial charge < -0.3 is 4.90 Å². The van der Waals surface area contributed by atoms with E-state index < -0.39 is 10.5 Å². The van der Waals surface area contributed by atoms with Crippen molar-refractivity contribution in [1.82, 2.24) is 9.47 Å². The number of anilines is 1. The van der Waals surface area contributed by atoms with E-state index in [1.807, 2.05) is 65.6 Å². The van der Waals surface area contributed by atoms with Gasteiger partial charge in [0, 0.05) is 43.8 Å². The summed E-state index contributed by atoms with van der Waals surface area (Å²) >= 11 is 0. The lowest BCUT2D eigenvalue weighted by Gasteiger charge is -2.36. The minimum Gasteiger partial charge on any atom is -0.363 e. The van der Waals surface area contributed by atoms with E-state index in [0.717, 1.165) is 19.6 Å². The van der Waals surface area contributed by atoms with Crippen LogP contribution in [0.1, 0.15) is 5.56 Å². The second-order valence-corrected chi connectivity index (χ2v) is 8.20. The first-order chi connectivity index (χ1) is 16.1. The summed E-state index contributed by atoms with van der Waals surface area (Å²) < 4.78 is 1.45. The van der Waals surface area contributed by atoms with Crippen molar-refractivity contribution >= 4 is 22.3 Å². The molecule has 3 aromatic carbocycles. The number of para-hydroxylation sites is 2. The molecule has 7 nitrogen and oxygen atoms in total. The number of benzene rings is 3. The summed E-state index contributed by atoms with van der Waals surface area (Å²) in [6.45, 7) is 3.61. The highest BCUT2D eigenvalue weighted by Gasteiger charge is 2.31. The van der Waals surface area contributed by atoms with Gasteiger partial charge in [-0.2, -0.15) is 0 Å². The second kappa shape index (κ2) is 8.88. The van der Waals surface area contributed by atoms with Gasteiger partial charge in [-0.15, -0.1) is 0 Å². The Hall–Kier alpha value is -3.97. The van der Waals surface area contributed by atoms with E-state index in [0.29, 0.717) is 35.4 Å². The van der Waals surface area contributed by atoms with Crippen molar-refractivity contribution in [2.45, 2.75) is 6.54 Å². The molecule has 0 saturated carbocycles. The van der Waals surface area contributed by atoms with E-state index in [1.54, 1.807) is 12.1 Å². The number of rotatable bonds is 5. The monoisotopic (exact) mass is 440 g/mol. The van der Waals surface area contributed by atoms with Crippen LogP contribution in [0.25, 0.3) is 16.6 Å². The summed E-state index contributed by atoms with van der Waals surface area (Å²) in [7, 11) is 0. The van der Waals surface area contributed by atoms with Crippen LogP contribution < -0.4 is 10.5 Å². The van der Waals surface area contributed by atoms with Gasteiger partial charge in [-0.25, -0.2) is 0 Å². The number of nitro groups is 1. The molecule has 0 unspecified atom stereocenters. The van der Waals surface area contributed by atoms with Crippen molar-refractivity contribution in [1.29, 1.82) is 0 Å². The molecule has 4 aromatic rings. The zero-order valence-electron chi connectivity index (χ0n) is 18.1. The number of fused-ring (bicyclic) bond motifs is 1. The number of piperazine rings is 1. The fourth-order valence-electron chi connectivity index (χ4n) is 4.60. The highest BCUT2D eigenvalue weighted by Crippen LogP contribution is 2.35. The minimum atomic E-state index is -0.605. The molecule has 0 amide bonds. The van der Waals surface area contributed by atoms with Crippen LogP contribution in [-0.2, 0) is 6.54 Å². The highest BCUT2D eigenvalue weighted by atomic mass is 16.6. The van der Waals surface area contributed by atoms with Crippen molar-refractivity contribution in [2.24, 2.45) is 0 Å². The third-order valence-electron chi connectivity index (χ3n) is 6.16. The zero-order valence-corrected chi connectivity index (χ0v) is 18.1. The number of aromatic nitrogens is 1. The fourth-order valence-corrected chi connectivity index (χ4v) is 4.60. The van der Waals surface area contributed by atoms with E-state index in [1.165, 1.54) is 10.1 Å². The largest absolute Gasteiger partial charge is 0.363 e. The van der Waals surface area contributed by atoms with E-state index >= 15 is 0 Å². The molecule has 2 heterocycles. The molecule has 1 saturated heterocycles. The molecule has 0 bridgehead atoms. The number of hydrogen-bond donors (Lipinski definition) is 0. The topological polar surface area (TPSA) is 71.6 Å². The summed E-state index contributed by atoms with van der Waals surface area (Å²) in [5.74, 6) is 0. The van der Waals surface area contributed by atoms with Gasteiger partial charge in [0.25, 0.3) is 0 Å². The predicted molar refractivity (Wildman–Crippen MR) is 130 cm³/mol. The van der Waals surface area contributed by atoms with Gasteiger partial charge >= 0.3 is 11.2 Å². The molecular weight excluding hydrogens is 416 g/mol. The number of hydrogen-bond acceptors (Lipinski definition) is 5. The molecule has 5 rings (SSSR count). The quantitative estimate of drug-likeness (QED) is 0.343. The van der Waals surface area contributed by atoms with Crippen molar-refractivity contribution in [2.75, 3.05) is 31.1 Å². The molecule has 1 aromatic heterocycles. The summed E-state index contributed by atoms with van der Waals surface area (Å²) in [5, 5.41) is 12.9. The highest BCUT2D eigenvalue weighted by molar-refractivity contribution is 5.97. The standard InChI is InChI=1S/C26H24N4O3/c31-26-25(30(32)33)24(28-17-15-27(16-18-28)19-20-9-3-1-4-10-20)22-13-7-8-14-23(22)29(26)21-11-5-2-6-12-21/h1-14H,15-19H2. The van der Waals surface area contributed by atoms with E-state index in [9.17, 15) is 14.9 Å². The summed E-state index contributed by atoms with van der Waals surface area (Å²) in [6, 6.07) is 26.8. The fraction of sp³-hybridized carbons (Fsp3) is 0.192. The van der Waals surface area contributed by atoms with Crippen LogP contribution in [0.5, 0.6) is 0 Å². The molecule has 0 N–H and O–H groups in total. The number of nitrogens with zero attached hydrogens (tertiary/aromatic N) is 4.